The van der Waals surface area contributed by atoms with Gasteiger partial charge in [0.05, 0.1) is 0 Å². The lowest BCUT2D eigenvalue weighted by atomic mass is 9.99. The van der Waals surface area contributed by atoms with Crippen molar-refractivity contribution in [2.75, 3.05) is 33.7 Å². The molecule has 1 aliphatic rings. The molecule has 3 N–H and O–H groups in total. The van der Waals surface area contributed by atoms with Crippen LogP contribution in [0.15, 0.2) is 53.5 Å². The SMILES string of the molecule is CN=C(NCCc1cccc(C(=O)NC)c1)NCc1ccc(CN2CCC(C)CC2)cc1. The standard InChI is InChI=1S/C26H37N5O/c1-20-12-15-31(16-13-20)19-23-9-7-22(8-10-23)18-30-26(28-3)29-14-11-21-5-4-6-24(17-21)25(32)27-2/h4-10,17,20H,11-16,18-19H2,1-3H3,(H,27,32)(H2,28,29,30). The average Bonchev–Trinajstić information content (AvgIpc) is 2.83. The van der Waals surface area contributed by atoms with Crippen molar-refractivity contribution in [2.24, 2.45) is 10.9 Å². The normalized spacial score (nSPS) is 15.4. The Morgan fingerprint density at radius 2 is 1.75 bits per heavy atom. The van der Waals surface area contributed by atoms with Gasteiger partial charge in [-0.25, -0.2) is 0 Å². The molecule has 0 radical (unpaired) electrons. The van der Waals surface area contributed by atoms with E-state index in [1.54, 1.807) is 14.1 Å². The third-order valence-corrected chi connectivity index (χ3v) is 6.11. The molecule has 3 rings (SSSR count). The third kappa shape index (κ3) is 7.38. The number of amides is 1. The summed E-state index contributed by atoms with van der Waals surface area (Å²) in [6.45, 7) is 7.29. The third-order valence-electron chi connectivity index (χ3n) is 6.11. The van der Waals surface area contributed by atoms with Crippen molar-refractivity contribution >= 4 is 11.9 Å². The number of nitrogens with zero attached hydrogens (tertiary/aromatic N) is 2. The van der Waals surface area contributed by atoms with Gasteiger partial charge in [0, 0.05) is 39.3 Å². The summed E-state index contributed by atoms with van der Waals surface area (Å²) in [4.78, 5) is 18.7. The summed E-state index contributed by atoms with van der Waals surface area (Å²) in [5.74, 6) is 1.59. The topological polar surface area (TPSA) is 68.8 Å². The molecule has 1 heterocycles. The minimum atomic E-state index is -0.0613. The number of carbonyl (C=O) groups is 1. The molecule has 6 nitrogen and oxygen atoms in total. The first-order valence-electron chi connectivity index (χ1n) is 11.6. The molecular formula is C26H37N5O. The number of rotatable bonds is 8. The Morgan fingerprint density at radius 3 is 2.44 bits per heavy atom. The highest BCUT2D eigenvalue weighted by molar-refractivity contribution is 5.94. The molecule has 1 amide bonds. The van der Waals surface area contributed by atoms with Crippen molar-refractivity contribution < 1.29 is 4.79 Å². The number of nitrogens with one attached hydrogen (secondary N) is 3. The quantitative estimate of drug-likeness (QED) is 0.440. The van der Waals surface area contributed by atoms with Crippen LogP contribution in [0.25, 0.3) is 0 Å². The van der Waals surface area contributed by atoms with Gasteiger partial charge in [-0.15, -0.1) is 0 Å². The van der Waals surface area contributed by atoms with Crippen LogP contribution in [0.5, 0.6) is 0 Å². The molecule has 0 unspecified atom stereocenters. The maximum Gasteiger partial charge on any atom is 0.251 e. The van der Waals surface area contributed by atoms with Crippen LogP contribution in [-0.4, -0.2) is 50.5 Å². The van der Waals surface area contributed by atoms with Crippen LogP contribution < -0.4 is 16.0 Å². The van der Waals surface area contributed by atoms with E-state index >= 15 is 0 Å². The van der Waals surface area contributed by atoms with E-state index in [0.717, 1.165) is 43.5 Å². The van der Waals surface area contributed by atoms with Crippen LogP contribution in [0.1, 0.15) is 46.8 Å². The molecule has 0 spiro atoms. The second kappa shape index (κ2) is 12.2. The fourth-order valence-corrected chi connectivity index (χ4v) is 3.98. The van der Waals surface area contributed by atoms with Gasteiger partial charge in [0.15, 0.2) is 5.96 Å². The van der Waals surface area contributed by atoms with Gasteiger partial charge in [0.1, 0.15) is 0 Å². The van der Waals surface area contributed by atoms with Crippen molar-refractivity contribution in [3.8, 4) is 0 Å². The van der Waals surface area contributed by atoms with Crippen molar-refractivity contribution in [2.45, 2.75) is 39.3 Å². The lowest BCUT2D eigenvalue weighted by Gasteiger charge is -2.30. The molecular weight excluding hydrogens is 398 g/mol. The van der Waals surface area contributed by atoms with E-state index in [1.807, 2.05) is 24.3 Å². The Balaban J connectivity index is 1.41. The van der Waals surface area contributed by atoms with E-state index in [4.69, 9.17) is 0 Å². The predicted molar refractivity (Wildman–Crippen MR) is 132 cm³/mol. The zero-order valence-electron chi connectivity index (χ0n) is 19.7. The Morgan fingerprint density at radius 1 is 1.03 bits per heavy atom. The molecule has 0 aliphatic carbocycles. The minimum Gasteiger partial charge on any atom is -0.356 e. The van der Waals surface area contributed by atoms with E-state index in [2.05, 4.69) is 57.0 Å². The fraction of sp³-hybridized carbons (Fsp3) is 0.462. The summed E-state index contributed by atoms with van der Waals surface area (Å²) in [5.41, 5.74) is 4.42. The Bertz CT molecular complexity index is 885. The first-order valence-corrected chi connectivity index (χ1v) is 11.6. The van der Waals surface area contributed by atoms with E-state index < -0.39 is 0 Å². The number of carbonyl (C=O) groups excluding carboxylic acids is 1. The minimum absolute atomic E-state index is 0.0613. The molecule has 1 saturated heterocycles. The number of benzene rings is 2. The molecule has 32 heavy (non-hydrogen) atoms. The number of hydrogen-bond donors (Lipinski definition) is 3. The molecule has 2 aromatic rings. The maximum atomic E-state index is 11.8. The first-order chi connectivity index (χ1) is 15.6. The van der Waals surface area contributed by atoms with Crippen molar-refractivity contribution in [3.63, 3.8) is 0 Å². The summed E-state index contributed by atoms with van der Waals surface area (Å²) in [7, 11) is 3.43. The highest BCUT2D eigenvalue weighted by Crippen LogP contribution is 2.18. The summed E-state index contributed by atoms with van der Waals surface area (Å²) >= 11 is 0. The van der Waals surface area contributed by atoms with Gasteiger partial charge in [0.2, 0.25) is 0 Å². The summed E-state index contributed by atoms with van der Waals surface area (Å²) in [5, 5.41) is 9.40. The van der Waals surface area contributed by atoms with Gasteiger partial charge in [0.25, 0.3) is 5.91 Å². The number of hydrogen-bond acceptors (Lipinski definition) is 3. The van der Waals surface area contributed by atoms with Crippen molar-refractivity contribution in [3.05, 3.63) is 70.8 Å². The van der Waals surface area contributed by atoms with Gasteiger partial charge >= 0.3 is 0 Å². The van der Waals surface area contributed by atoms with Crippen LogP contribution in [0.4, 0.5) is 0 Å². The average molecular weight is 436 g/mol. The number of guanidine groups is 1. The zero-order chi connectivity index (χ0) is 22.8. The number of piperidine rings is 1. The monoisotopic (exact) mass is 435 g/mol. The molecule has 2 aromatic carbocycles. The molecule has 1 fully saturated rings. The highest BCUT2D eigenvalue weighted by atomic mass is 16.1. The predicted octanol–water partition coefficient (Wildman–Crippen LogP) is 3.19. The van der Waals surface area contributed by atoms with Crippen LogP contribution >= 0.6 is 0 Å². The van der Waals surface area contributed by atoms with Gasteiger partial charge in [-0.2, -0.15) is 0 Å². The zero-order valence-corrected chi connectivity index (χ0v) is 19.7. The molecule has 172 valence electrons. The van der Waals surface area contributed by atoms with E-state index in [1.165, 1.54) is 37.1 Å². The molecule has 0 aromatic heterocycles. The smallest absolute Gasteiger partial charge is 0.251 e. The van der Waals surface area contributed by atoms with Gasteiger partial charge in [-0.3, -0.25) is 14.7 Å². The van der Waals surface area contributed by atoms with Crippen molar-refractivity contribution in [1.29, 1.82) is 0 Å². The van der Waals surface area contributed by atoms with Crippen LogP contribution in [0.3, 0.4) is 0 Å². The van der Waals surface area contributed by atoms with Gasteiger partial charge in [-0.1, -0.05) is 43.3 Å². The lowest BCUT2D eigenvalue weighted by molar-refractivity contribution is 0.0963. The molecule has 1 aliphatic heterocycles. The summed E-state index contributed by atoms with van der Waals surface area (Å²) < 4.78 is 0. The van der Waals surface area contributed by atoms with Gasteiger partial charge in [-0.05, 0) is 67.1 Å². The lowest BCUT2D eigenvalue weighted by Crippen LogP contribution is -2.37. The largest absolute Gasteiger partial charge is 0.356 e. The van der Waals surface area contributed by atoms with Gasteiger partial charge < -0.3 is 16.0 Å². The highest BCUT2D eigenvalue weighted by Gasteiger charge is 2.15. The van der Waals surface area contributed by atoms with E-state index in [-0.39, 0.29) is 5.91 Å². The molecule has 0 bridgehead atoms. The van der Waals surface area contributed by atoms with E-state index in [0.29, 0.717) is 5.56 Å². The first kappa shape index (κ1) is 23.8. The summed E-state index contributed by atoms with van der Waals surface area (Å²) in [6.07, 6.45) is 3.44. The Labute approximate surface area is 192 Å². The Kier molecular flexibility index (Phi) is 9.11. The maximum absolute atomic E-state index is 11.8. The van der Waals surface area contributed by atoms with Crippen LogP contribution in [0.2, 0.25) is 0 Å². The van der Waals surface area contributed by atoms with Crippen molar-refractivity contribution in [1.82, 2.24) is 20.9 Å². The Hall–Kier alpha value is -2.86. The molecule has 0 atom stereocenters. The second-order valence-corrected chi connectivity index (χ2v) is 8.66. The fourth-order valence-electron chi connectivity index (χ4n) is 3.98. The number of aliphatic imine (C=N–C) groups is 1. The van der Waals surface area contributed by atoms with Crippen LogP contribution in [-0.2, 0) is 19.5 Å². The summed E-state index contributed by atoms with van der Waals surface area (Å²) in [6, 6.07) is 16.6. The van der Waals surface area contributed by atoms with Crippen LogP contribution in [0, 0.1) is 5.92 Å². The second-order valence-electron chi connectivity index (χ2n) is 8.66. The van der Waals surface area contributed by atoms with E-state index in [9.17, 15) is 4.79 Å². The molecule has 6 heteroatoms. The molecule has 0 saturated carbocycles. The number of likely N-dealkylation sites (tertiary alicyclic amines) is 1.